The standard InChI is InChI=1S/C20H25NO2/c1-19(2)17(22)16(21-4)13-20(3)11-10-15(23-18(19)20)12-14-8-6-5-7-9-14/h5-9,15,18,22H,10-13H2,1-3H3/t15-,18+,20+/m1/s1. The maximum absolute atomic E-state index is 10.5. The van der Waals surface area contributed by atoms with Gasteiger partial charge in [0.25, 0.3) is 0 Å². The molecule has 1 aliphatic heterocycles. The molecule has 1 aromatic carbocycles. The Balaban J connectivity index is 1.84. The van der Waals surface area contributed by atoms with Crippen molar-refractivity contribution in [3.05, 3.63) is 58.8 Å². The van der Waals surface area contributed by atoms with Crippen LogP contribution < -0.4 is 0 Å². The van der Waals surface area contributed by atoms with Crippen LogP contribution >= 0.6 is 0 Å². The van der Waals surface area contributed by atoms with E-state index in [9.17, 15) is 5.11 Å². The number of rotatable bonds is 2. The number of benzene rings is 1. The van der Waals surface area contributed by atoms with E-state index in [0.29, 0.717) is 12.1 Å². The molecule has 122 valence electrons. The van der Waals surface area contributed by atoms with E-state index in [2.05, 4.69) is 36.0 Å². The summed E-state index contributed by atoms with van der Waals surface area (Å²) in [4.78, 5) is 3.57. The van der Waals surface area contributed by atoms with Gasteiger partial charge in [-0.2, -0.15) is 0 Å². The van der Waals surface area contributed by atoms with Crippen molar-refractivity contribution < 1.29 is 9.84 Å². The van der Waals surface area contributed by atoms with Gasteiger partial charge in [0.2, 0.25) is 5.70 Å². The Hall–Kier alpha value is -1.79. The molecule has 2 aliphatic rings. The number of nitrogens with zero attached hydrogens (tertiary/aromatic N) is 1. The van der Waals surface area contributed by atoms with Gasteiger partial charge in [0.15, 0.2) is 0 Å². The van der Waals surface area contributed by atoms with Gasteiger partial charge in [0.05, 0.1) is 18.8 Å². The predicted octanol–water partition coefficient (Wildman–Crippen LogP) is 4.90. The van der Waals surface area contributed by atoms with Crippen LogP contribution in [-0.2, 0) is 11.2 Å². The number of fused-ring (bicyclic) bond motifs is 1. The lowest BCUT2D eigenvalue weighted by atomic mass is 9.60. The molecule has 1 saturated heterocycles. The van der Waals surface area contributed by atoms with Gasteiger partial charge in [0.1, 0.15) is 5.76 Å². The van der Waals surface area contributed by atoms with Crippen molar-refractivity contribution in [2.75, 3.05) is 0 Å². The number of ether oxygens (including phenoxy) is 1. The molecule has 3 nitrogen and oxygen atoms in total. The quantitative estimate of drug-likeness (QED) is 0.788. The van der Waals surface area contributed by atoms with Crippen molar-refractivity contribution in [1.82, 2.24) is 0 Å². The lowest BCUT2D eigenvalue weighted by Gasteiger charge is -2.54. The highest BCUT2D eigenvalue weighted by atomic mass is 16.5. The van der Waals surface area contributed by atoms with E-state index in [1.165, 1.54) is 5.56 Å². The molecule has 0 bridgehead atoms. The van der Waals surface area contributed by atoms with Crippen LogP contribution in [0.2, 0.25) is 0 Å². The van der Waals surface area contributed by atoms with Crippen LogP contribution in [0.5, 0.6) is 0 Å². The maximum atomic E-state index is 10.5. The lowest BCUT2D eigenvalue weighted by molar-refractivity contribution is -0.175. The van der Waals surface area contributed by atoms with Crippen LogP contribution in [0.3, 0.4) is 0 Å². The Kier molecular flexibility index (Phi) is 3.98. The van der Waals surface area contributed by atoms with E-state index in [1.54, 1.807) is 0 Å². The second-order valence-corrected chi connectivity index (χ2v) is 7.83. The van der Waals surface area contributed by atoms with Crippen LogP contribution in [-0.4, -0.2) is 17.3 Å². The third-order valence-electron chi connectivity index (χ3n) is 5.55. The molecule has 0 aromatic heterocycles. The highest BCUT2D eigenvalue weighted by molar-refractivity contribution is 5.29. The SMILES string of the molecule is [C-]#[N+]C1=C(O)C(C)(C)[C@@H]2O[C@@H](Cc3ccccc3)CC[C@@]2(C)C1. The molecule has 0 saturated carbocycles. The summed E-state index contributed by atoms with van der Waals surface area (Å²) in [5.41, 5.74) is 1.22. The zero-order valence-electron chi connectivity index (χ0n) is 14.2. The van der Waals surface area contributed by atoms with E-state index in [-0.39, 0.29) is 23.4 Å². The van der Waals surface area contributed by atoms with E-state index in [0.717, 1.165) is 19.3 Å². The van der Waals surface area contributed by atoms with Gasteiger partial charge >= 0.3 is 0 Å². The molecule has 1 fully saturated rings. The summed E-state index contributed by atoms with van der Waals surface area (Å²) >= 11 is 0. The first kappa shape index (κ1) is 16.1. The molecule has 0 radical (unpaired) electrons. The third-order valence-corrected chi connectivity index (χ3v) is 5.55. The largest absolute Gasteiger partial charge is 0.523 e. The fraction of sp³-hybridized carbons (Fsp3) is 0.550. The zero-order valence-corrected chi connectivity index (χ0v) is 14.2. The smallest absolute Gasteiger partial charge is 0.203 e. The molecule has 1 heterocycles. The normalized spacial score (nSPS) is 33.0. The van der Waals surface area contributed by atoms with Crippen LogP contribution in [0.25, 0.3) is 4.85 Å². The second kappa shape index (κ2) is 5.69. The zero-order chi connectivity index (χ0) is 16.7. The predicted molar refractivity (Wildman–Crippen MR) is 90.8 cm³/mol. The molecule has 1 N–H and O–H groups in total. The fourth-order valence-corrected chi connectivity index (χ4v) is 4.35. The maximum Gasteiger partial charge on any atom is 0.203 e. The first-order valence-electron chi connectivity index (χ1n) is 8.36. The summed E-state index contributed by atoms with van der Waals surface area (Å²) < 4.78 is 6.48. The van der Waals surface area contributed by atoms with E-state index < -0.39 is 5.41 Å². The van der Waals surface area contributed by atoms with Crippen molar-refractivity contribution >= 4 is 0 Å². The molecular weight excluding hydrogens is 286 g/mol. The van der Waals surface area contributed by atoms with Gasteiger partial charge < -0.3 is 9.84 Å². The van der Waals surface area contributed by atoms with Crippen molar-refractivity contribution in [3.63, 3.8) is 0 Å². The number of hydrogen-bond acceptors (Lipinski definition) is 2. The van der Waals surface area contributed by atoms with E-state index >= 15 is 0 Å². The summed E-state index contributed by atoms with van der Waals surface area (Å²) in [7, 11) is 0. The van der Waals surface area contributed by atoms with Crippen LogP contribution in [0, 0.1) is 17.4 Å². The molecule has 3 heteroatoms. The number of aliphatic hydroxyl groups excluding tert-OH is 1. The molecule has 1 aromatic rings. The van der Waals surface area contributed by atoms with Crippen molar-refractivity contribution in [3.8, 4) is 0 Å². The lowest BCUT2D eigenvalue weighted by Crippen LogP contribution is -2.54. The van der Waals surface area contributed by atoms with Gasteiger partial charge in [0, 0.05) is 5.41 Å². The Morgan fingerprint density at radius 1 is 1.26 bits per heavy atom. The average molecular weight is 311 g/mol. The molecule has 1 aliphatic carbocycles. The summed E-state index contributed by atoms with van der Waals surface area (Å²) in [6.45, 7) is 13.6. The van der Waals surface area contributed by atoms with Gasteiger partial charge in [-0.05, 0) is 36.7 Å². The highest BCUT2D eigenvalue weighted by Crippen LogP contribution is 2.55. The molecule has 0 amide bonds. The fourth-order valence-electron chi connectivity index (χ4n) is 4.35. The van der Waals surface area contributed by atoms with Gasteiger partial charge in [-0.25, -0.2) is 4.85 Å². The Bertz CT molecular complexity index is 656. The molecular formula is C20H25NO2. The minimum Gasteiger partial charge on any atom is -0.523 e. The van der Waals surface area contributed by atoms with E-state index in [1.807, 2.05) is 19.9 Å². The summed E-state index contributed by atoms with van der Waals surface area (Å²) in [5, 5.41) is 10.5. The number of allylic oxidation sites excluding steroid dienone is 1. The second-order valence-electron chi connectivity index (χ2n) is 7.83. The molecule has 3 atom stereocenters. The van der Waals surface area contributed by atoms with E-state index in [4.69, 9.17) is 11.3 Å². The first-order valence-corrected chi connectivity index (χ1v) is 8.36. The summed E-state index contributed by atoms with van der Waals surface area (Å²) in [6.07, 6.45) is 3.69. The number of aliphatic hydroxyl groups is 1. The first-order chi connectivity index (χ1) is 10.9. The third kappa shape index (κ3) is 2.77. The van der Waals surface area contributed by atoms with Crippen molar-refractivity contribution in [2.45, 2.75) is 58.7 Å². The molecule has 0 unspecified atom stereocenters. The number of hydrogen-bond donors (Lipinski definition) is 1. The van der Waals surface area contributed by atoms with Crippen LogP contribution in [0.1, 0.15) is 45.6 Å². The van der Waals surface area contributed by atoms with Crippen molar-refractivity contribution in [2.24, 2.45) is 10.8 Å². The minimum atomic E-state index is -0.512. The van der Waals surface area contributed by atoms with Gasteiger partial charge in [-0.15, -0.1) is 0 Å². The minimum absolute atomic E-state index is 0.0528. The Labute approximate surface area is 138 Å². The monoisotopic (exact) mass is 311 g/mol. The Morgan fingerprint density at radius 3 is 2.61 bits per heavy atom. The van der Waals surface area contributed by atoms with Gasteiger partial charge in [-0.3, -0.25) is 0 Å². The van der Waals surface area contributed by atoms with Crippen LogP contribution in [0.15, 0.2) is 41.8 Å². The molecule has 0 spiro atoms. The summed E-state index contributed by atoms with van der Waals surface area (Å²) in [6, 6.07) is 10.4. The average Bonchev–Trinajstić information content (AvgIpc) is 2.54. The van der Waals surface area contributed by atoms with Gasteiger partial charge in [-0.1, -0.05) is 51.1 Å². The Morgan fingerprint density at radius 2 is 1.96 bits per heavy atom. The highest BCUT2D eigenvalue weighted by Gasteiger charge is 2.54. The summed E-state index contributed by atoms with van der Waals surface area (Å²) in [5.74, 6) is 0.218. The van der Waals surface area contributed by atoms with Crippen LogP contribution in [0.4, 0.5) is 0 Å². The molecule has 3 rings (SSSR count). The molecule has 23 heavy (non-hydrogen) atoms. The van der Waals surface area contributed by atoms with Crippen molar-refractivity contribution in [1.29, 1.82) is 0 Å². The topological polar surface area (TPSA) is 33.8 Å².